The van der Waals surface area contributed by atoms with Gasteiger partial charge in [0, 0.05) is 36.6 Å². The summed E-state index contributed by atoms with van der Waals surface area (Å²) in [7, 11) is 0. The van der Waals surface area contributed by atoms with Gasteiger partial charge in [0.2, 0.25) is 5.91 Å². The summed E-state index contributed by atoms with van der Waals surface area (Å²) in [6.07, 6.45) is 5.38. The number of fused-ring (bicyclic) bond motifs is 3. The van der Waals surface area contributed by atoms with Gasteiger partial charge < -0.3 is 9.64 Å². The summed E-state index contributed by atoms with van der Waals surface area (Å²) in [6, 6.07) is 8.37. The van der Waals surface area contributed by atoms with Crippen molar-refractivity contribution < 1.29 is 9.53 Å². The Morgan fingerprint density at radius 3 is 2.89 bits per heavy atom. The summed E-state index contributed by atoms with van der Waals surface area (Å²) in [4.78, 5) is 15.1. The summed E-state index contributed by atoms with van der Waals surface area (Å²) >= 11 is 0. The average molecular weight is 379 g/mol. The van der Waals surface area contributed by atoms with E-state index in [1.165, 1.54) is 5.56 Å². The lowest BCUT2D eigenvalue weighted by Gasteiger charge is -2.33. The Balaban J connectivity index is 1.52. The van der Waals surface area contributed by atoms with Gasteiger partial charge in [0.25, 0.3) is 0 Å². The highest BCUT2D eigenvalue weighted by Gasteiger charge is 2.32. The Bertz CT molecular complexity index is 1020. The largest absolute Gasteiger partial charge is 0.376 e. The molecular formula is C21H25N5O2. The van der Waals surface area contributed by atoms with Gasteiger partial charge >= 0.3 is 0 Å². The molecule has 2 fully saturated rings. The normalized spacial score (nSPS) is 20.0. The number of nitrogens with zero attached hydrogens (tertiary/aromatic N) is 5. The molecule has 146 valence electrons. The van der Waals surface area contributed by atoms with E-state index < -0.39 is 0 Å². The fourth-order valence-corrected chi connectivity index (χ4v) is 4.29. The third-order valence-corrected chi connectivity index (χ3v) is 6.07. The van der Waals surface area contributed by atoms with Gasteiger partial charge in [-0.05, 0) is 61.2 Å². The first kappa shape index (κ1) is 17.6. The lowest BCUT2D eigenvalue weighted by atomic mass is 9.84. The Labute approximate surface area is 163 Å². The Hall–Kier alpha value is -2.54. The van der Waals surface area contributed by atoms with Crippen LogP contribution in [0.3, 0.4) is 0 Å². The minimum Gasteiger partial charge on any atom is -0.376 e. The molecule has 2 aromatic heterocycles. The van der Waals surface area contributed by atoms with Gasteiger partial charge in [0.05, 0.1) is 11.6 Å². The summed E-state index contributed by atoms with van der Waals surface area (Å²) < 4.78 is 7.60. The third-order valence-electron chi connectivity index (χ3n) is 6.07. The van der Waals surface area contributed by atoms with Gasteiger partial charge in [0.15, 0.2) is 5.65 Å². The molecule has 3 heterocycles. The third kappa shape index (κ3) is 3.13. The molecule has 2 aliphatic rings. The monoisotopic (exact) mass is 379 g/mol. The number of hydrogen-bond donors (Lipinski definition) is 0. The number of carbonyl (C=O) groups excluding carboxylic acids is 1. The van der Waals surface area contributed by atoms with E-state index in [-0.39, 0.29) is 17.9 Å². The van der Waals surface area contributed by atoms with Crippen LogP contribution in [-0.4, -0.2) is 50.1 Å². The average Bonchev–Trinajstić information content (AvgIpc) is 3.31. The van der Waals surface area contributed by atoms with E-state index in [1.807, 2.05) is 11.0 Å². The second-order valence-corrected chi connectivity index (χ2v) is 8.13. The standard InChI is InChI=1S/C21H25N5O2/c1-14-7-8-19-16(10-14)11-17(20-22-23-24-26(19)20)12-25(13-18-6-3-9-28-18)21(27)15-4-2-5-15/h7-8,10-11,15,18H,2-6,9,12-13H2,1H3. The first-order valence-corrected chi connectivity index (χ1v) is 10.2. The van der Waals surface area contributed by atoms with Crippen LogP contribution in [0.2, 0.25) is 0 Å². The predicted octanol–water partition coefficient (Wildman–Crippen LogP) is 2.89. The zero-order chi connectivity index (χ0) is 19.1. The van der Waals surface area contributed by atoms with E-state index in [4.69, 9.17) is 4.74 Å². The van der Waals surface area contributed by atoms with Crippen molar-refractivity contribution in [2.75, 3.05) is 13.2 Å². The number of carbonyl (C=O) groups is 1. The molecule has 1 aliphatic carbocycles. The quantitative estimate of drug-likeness (QED) is 0.682. The SMILES string of the molecule is Cc1ccc2c(c1)cc(CN(CC1CCCO1)C(=O)C1CCC1)c1nnnn12. The van der Waals surface area contributed by atoms with Crippen LogP contribution in [0, 0.1) is 12.8 Å². The summed E-state index contributed by atoms with van der Waals surface area (Å²) in [5, 5.41) is 13.4. The smallest absolute Gasteiger partial charge is 0.226 e. The topological polar surface area (TPSA) is 72.6 Å². The van der Waals surface area contributed by atoms with Crippen LogP contribution < -0.4 is 0 Å². The van der Waals surface area contributed by atoms with Gasteiger partial charge in [0.1, 0.15) is 0 Å². The van der Waals surface area contributed by atoms with Gasteiger partial charge in [-0.15, -0.1) is 5.10 Å². The molecule has 28 heavy (non-hydrogen) atoms. The molecule has 1 atom stereocenters. The van der Waals surface area contributed by atoms with Crippen molar-refractivity contribution in [3.8, 4) is 0 Å². The number of benzene rings is 1. The first-order chi connectivity index (χ1) is 13.7. The van der Waals surface area contributed by atoms with Crippen molar-refractivity contribution in [3.05, 3.63) is 35.4 Å². The van der Waals surface area contributed by atoms with Crippen molar-refractivity contribution in [2.45, 2.75) is 51.7 Å². The molecule has 1 aliphatic heterocycles. The van der Waals surface area contributed by atoms with Gasteiger partial charge in [-0.3, -0.25) is 4.79 Å². The van der Waals surface area contributed by atoms with E-state index in [9.17, 15) is 4.79 Å². The zero-order valence-electron chi connectivity index (χ0n) is 16.2. The molecule has 5 rings (SSSR count). The molecule has 1 amide bonds. The zero-order valence-corrected chi connectivity index (χ0v) is 16.2. The number of pyridine rings is 1. The molecule has 1 aromatic carbocycles. The van der Waals surface area contributed by atoms with E-state index >= 15 is 0 Å². The number of aryl methyl sites for hydroxylation is 1. The van der Waals surface area contributed by atoms with Gasteiger partial charge in [-0.2, -0.15) is 4.52 Å². The molecule has 1 saturated carbocycles. The highest BCUT2D eigenvalue weighted by atomic mass is 16.5. The molecule has 1 saturated heterocycles. The second kappa shape index (κ2) is 7.13. The van der Waals surface area contributed by atoms with E-state index in [0.29, 0.717) is 13.1 Å². The highest BCUT2D eigenvalue weighted by molar-refractivity contribution is 5.84. The van der Waals surface area contributed by atoms with E-state index in [1.54, 1.807) is 4.52 Å². The Morgan fingerprint density at radius 1 is 1.25 bits per heavy atom. The van der Waals surface area contributed by atoms with E-state index in [2.05, 4.69) is 40.6 Å². The maximum atomic E-state index is 13.1. The predicted molar refractivity (Wildman–Crippen MR) is 105 cm³/mol. The first-order valence-electron chi connectivity index (χ1n) is 10.2. The van der Waals surface area contributed by atoms with Crippen LogP contribution >= 0.6 is 0 Å². The maximum Gasteiger partial charge on any atom is 0.226 e. The lowest BCUT2D eigenvalue weighted by Crippen LogP contribution is -2.42. The highest BCUT2D eigenvalue weighted by Crippen LogP contribution is 2.30. The number of amides is 1. The van der Waals surface area contributed by atoms with Crippen molar-refractivity contribution >= 4 is 22.5 Å². The molecule has 3 aromatic rings. The van der Waals surface area contributed by atoms with E-state index in [0.717, 1.165) is 60.8 Å². The van der Waals surface area contributed by atoms with Crippen LogP contribution in [0.4, 0.5) is 0 Å². The molecule has 7 nitrogen and oxygen atoms in total. The summed E-state index contributed by atoms with van der Waals surface area (Å²) in [5.41, 5.74) is 3.86. The van der Waals surface area contributed by atoms with Crippen LogP contribution in [0.25, 0.3) is 16.6 Å². The molecular weight excluding hydrogens is 354 g/mol. The Morgan fingerprint density at radius 2 is 2.14 bits per heavy atom. The second-order valence-electron chi connectivity index (χ2n) is 8.13. The summed E-state index contributed by atoms with van der Waals surface area (Å²) in [5.74, 6) is 0.410. The number of aromatic nitrogens is 4. The molecule has 0 N–H and O–H groups in total. The molecule has 0 radical (unpaired) electrons. The molecule has 1 unspecified atom stereocenters. The molecule has 0 spiro atoms. The lowest BCUT2D eigenvalue weighted by molar-refractivity contribution is -0.140. The van der Waals surface area contributed by atoms with Crippen molar-refractivity contribution in [1.29, 1.82) is 0 Å². The number of hydrogen-bond acceptors (Lipinski definition) is 5. The van der Waals surface area contributed by atoms with Crippen molar-refractivity contribution in [1.82, 2.24) is 24.9 Å². The molecule has 7 heteroatoms. The fraction of sp³-hybridized carbons (Fsp3) is 0.524. The van der Waals surface area contributed by atoms with Crippen molar-refractivity contribution in [3.63, 3.8) is 0 Å². The van der Waals surface area contributed by atoms with Crippen molar-refractivity contribution in [2.24, 2.45) is 5.92 Å². The number of rotatable bonds is 5. The molecule has 0 bridgehead atoms. The minimum absolute atomic E-state index is 0.138. The van der Waals surface area contributed by atoms with Crippen LogP contribution in [0.5, 0.6) is 0 Å². The number of tetrazole rings is 1. The van der Waals surface area contributed by atoms with Gasteiger partial charge in [-0.1, -0.05) is 18.1 Å². The minimum atomic E-state index is 0.138. The van der Waals surface area contributed by atoms with Gasteiger partial charge in [-0.25, -0.2) is 0 Å². The van der Waals surface area contributed by atoms with Crippen LogP contribution in [-0.2, 0) is 16.1 Å². The Kier molecular flexibility index (Phi) is 4.47. The fourth-order valence-electron chi connectivity index (χ4n) is 4.29. The number of ether oxygens (including phenoxy) is 1. The summed E-state index contributed by atoms with van der Waals surface area (Å²) in [6.45, 7) is 4.04. The van der Waals surface area contributed by atoms with Crippen LogP contribution in [0.15, 0.2) is 24.3 Å². The van der Waals surface area contributed by atoms with Crippen LogP contribution in [0.1, 0.15) is 43.2 Å². The maximum absolute atomic E-state index is 13.1.